The lowest BCUT2D eigenvalue weighted by molar-refractivity contribution is -0.115. The van der Waals surface area contributed by atoms with Gasteiger partial charge in [0, 0.05) is 24.3 Å². The van der Waals surface area contributed by atoms with Crippen LogP contribution >= 0.6 is 0 Å². The van der Waals surface area contributed by atoms with E-state index in [9.17, 15) is 4.79 Å². The number of hydrogen-bond acceptors (Lipinski definition) is 2. The molecule has 3 heteroatoms. The maximum absolute atomic E-state index is 12.5. The summed E-state index contributed by atoms with van der Waals surface area (Å²) >= 11 is 0. The van der Waals surface area contributed by atoms with Gasteiger partial charge in [0.2, 0.25) is 5.91 Å². The van der Waals surface area contributed by atoms with E-state index in [4.69, 9.17) is 0 Å². The highest BCUT2D eigenvalue weighted by Crippen LogP contribution is 2.32. The molecule has 134 valence electrons. The Hall–Kier alpha value is -2.29. The van der Waals surface area contributed by atoms with E-state index in [-0.39, 0.29) is 5.91 Å². The monoisotopic (exact) mass is 338 g/mol. The van der Waals surface area contributed by atoms with Crippen LogP contribution in [-0.4, -0.2) is 12.5 Å². The minimum Gasteiger partial charge on any atom is -0.384 e. The lowest BCUT2D eigenvalue weighted by atomic mass is 9.92. The summed E-state index contributed by atoms with van der Waals surface area (Å²) in [6, 6.07) is 14.4. The van der Waals surface area contributed by atoms with Gasteiger partial charge in [0.1, 0.15) is 0 Å². The Kier molecular flexibility index (Phi) is 6.63. The number of benzene rings is 2. The van der Waals surface area contributed by atoms with Crippen molar-refractivity contribution in [3.8, 4) is 0 Å². The van der Waals surface area contributed by atoms with Crippen molar-refractivity contribution in [2.45, 2.75) is 52.9 Å². The summed E-state index contributed by atoms with van der Waals surface area (Å²) in [5.41, 5.74) is 5.67. The zero-order chi connectivity index (χ0) is 18.4. The Bertz CT molecular complexity index is 693. The summed E-state index contributed by atoms with van der Waals surface area (Å²) in [4.78, 5) is 12.5. The summed E-state index contributed by atoms with van der Waals surface area (Å²) < 4.78 is 0. The number of hydrogen-bond donors (Lipinski definition) is 2. The summed E-state index contributed by atoms with van der Waals surface area (Å²) in [7, 11) is 0. The number of anilines is 2. The minimum atomic E-state index is 0.0519. The molecule has 0 radical (unpaired) electrons. The fourth-order valence-electron chi connectivity index (χ4n) is 2.98. The smallest absolute Gasteiger partial charge is 0.226 e. The van der Waals surface area contributed by atoms with Crippen LogP contribution < -0.4 is 10.6 Å². The number of carbonyl (C=O) groups excluding carboxylic acids is 1. The molecule has 0 fully saturated rings. The standard InChI is InChI=1S/C22H30N2O/c1-15(2)18-10-8-11-19(16(3)4)22(18)24-21(25)13-14-23-20-12-7-6-9-17(20)5/h6-12,15-16,23H,13-14H2,1-5H3,(H,24,25). The molecule has 0 atom stereocenters. The zero-order valence-electron chi connectivity index (χ0n) is 16.0. The highest BCUT2D eigenvalue weighted by atomic mass is 16.1. The van der Waals surface area contributed by atoms with Gasteiger partial charge < -0.3 is 10.6 Å². The first kappa shape index (κ1) is 19.0. The Balaban J connectivity index is 2.04. The first-order valence-electron chi connectivity index (χ1n) is 9.12. The van der Waals surface area contributed by atoms with Gasteiger partial charge in [-0.3, -0.25) is 4.79 Å². The van der Waals surface area contributed by atoms with Crippen LogP contribution in [0.1, 0.15) is 62.6 Å². The molecule has 0 saturated heterocycles. The molecular weight excluding hydrogens is 308 g/mol. The Morgan fingerprint density at radius 3 is 2.08 bits per heavy atom. The van der Waals surface area contributed by atoms with Gasteiger partial charge in [0.25, 0.3) is 0 Å². The van der Waals surface area contributed by atoms with Crippen LogP contribution in [0, 0.1) is 6.92 Å². The lowest BCUT2D eigenvalue weighted by Gasteiger charge is -2.20. The number of aryl methyl sites for hydroxylation is 1. The third kappa shape index (κ3) is 5.09. The highest BCUT2D eigenvalue weighted by molar-refractivity contribution is 5.93. The fourth-order valence-corrected chi connectivity index (χ4v) is 2.98. The normalized spacial score (nSPS) is 11.0. The number of para-hydroxylation sites is 2. The van der Waals surface area contributed by atoms with Gasteiger partial charge in [0.15, 0.2) is 0 Å². The Morgan fingerprint density at radius 1 is 0.920 bits per heavy atom. The second-order valence-electron chi connectivity index (χ2n) is 7.16. The third-order valence-corrected chi connectivity index (χ3v) is 4.45. The molecule has 0 saturated carbocycles. The van der Waals surface area contributed by atoms with Crippen molar-refractivity contribution < 1.29 is 4.79 Å². The quantitative estimate of drug-likeness (QED) is 0.681. The van der Waals surface area contributed by atoms with Gasteiger partial charge in [0.05, 0.1) is 0 Å². The molecule has 2 aromatic rings. The number of amides is 1. The van der Waals surface area contributed by atoms with E-state index < -0.39 is 0 Å². The molecule has 0 aliphatic heterocycles. The van der Waals surface area contributed by atoms with E-state index in [0.29, 0.717) is 24.8 Å². The average Bonchev–Trinajstić information content (AvgIpc) is 2.56. The number of rotatable bonds is 7. The Morgan fingerprint density at radius 2 is 1.52 bits per heavy atom. The molecular formula is C22H30N2O. The topological polar surface area (TPSA) is 41.1 Å². The predicted octanol–water partition coefficient (Wildman–Crippen LogP) is 5.68. The molecule has 2 N–H and O–H groups in total. The van der Waals surface area contributed by atoms with Crippen LogP contribution in [0.3, 0.4) is 0 Å². The van der Waals surface area contributed by atoms with Crippen LogP contribution in [0.4, 0.5) is 11.4 Å². The van der Waals surface area contributed by atoms with E-state index in [1.165, 1.54) is 16.7 Å². The molecule has 2 aromatic carbocycles. The second kappa shape index (κ2) is 8.70. The van der Waals surface area contributed by atoms with Gasteiger partial charge in [-0.2, -0.15) is 0 Å². The van der Waals surface area contributed by atoms with E-state index in [1.807, 2.05) is 18.2 Å². The summed E-state index contributed by atoms with van der Waals surface area (Å²) in [5.74, 6) is 0.800. The molecule has 0 spiro atoms. The minimum absolute atomic E-state index is 0.0519. The molecule has 1 amide bonds. The first-order valence-corrected chi connectivity index (χ1v) is 9.12. The van der Waals surface area contributed by atoms with Gasteiger partial charge in [-0.15, -0.1) is 0 Å². The number of carbonyl (C=O) groups is 1. The summed E-state index contributed by atoms with van der Waals surface area (Å²) in [5, 5.41) is 6.51. The summed E-state index contributed by atoms with van der Waals surface area (Å²) in [6.07, 6.45) is 0.443. The lowest BCUT2D eigenvalue weighted by Crippen LogP contribution is -2.19. The van der Waals surface area contributed by atoms with Crippen LogP contribution in [-0.2, 0) is 4.79 Å². The molecule has 0 aromatic heterocycles. The molecule has 25 heavy (non-hydrogen) atoms. The third-order valence-electron chi connectivity index (χ3n) is 4.45. The van der Waals surface area contributed by atoms with Crippen molar-refractivity contribution in [2.75, 3.05) is 17.2 Å². The van der Waals surface area contributed by atoms with Crippen molar-refractivity contribution in [3.05, 3.63) is 59.2 Å². The van der Waals surface area contributed by atoms with E-state index in [1.54, 1.807) is 0 Å². The SMILES string of the molecule is Cc1ccccc1NCCC(=O)Nc1c(C(C)C)cccc1C(C)C. The van der Waals surface area contributed by atoms with E-state index in [0.717, 1.165) is 11.4 Å². The molecule has 0 unspecified atom stereocenters. The Labute approximate surface area is 151 Å². The van der Waals surface area contributed by atoms with Gasteiger partial charge >= 0.3 is 0 Å². The van der Waals surface area contributed by atoms with Crippen molar-refractivity contribution in [1.29, 1.82) is 0 Å². The number of nitrogens with one attached hydrogen (secondary N) is 2. The van der Waals surface area contributed by atoms with Crippen LogP contribution in [0.2, 0.25) is 0 Å². The van der Waals surface area contributed by atoms with E-state index >= 15 is 0 Å². The van der Waals surface area contributed by atoms with Crippen LogP contribution in [0.15, 0.2) is 42.5 Å². The predicted molar refractivity (Wildman–Crippen MR) is 108 cm³/mol. The van der Waals surface area contributed by atoms with Gasteiger partial charge in [-0.25, -0.2) is 0 Å². The maximum Gasteiger partial charge on any atom is 0.226 e. The molecule has 0 aliphatic rings. The molecule has 0 heterocycles. The molecule has 2 rings (SSSR count). The highest BCUT2D eigenvalue weighted by Gasteiger charge is 2.15. The summed E-state index contributed by atoms with van der Waals surface area (Å²) in [6.45, 7) is 11.3. The molecule has 3 nitrogen and oxygen atoms in total. The fraction of sp³-hybridized carbons (Fsp3) is 0.409. The van der Waals surface area contributed by atoms with Crippen molar-refractivity contribution >= 4 is 17.3 Å². The second-order valence-corrected chi connectivity index (χ2v) is 7.16. The maximum atomic E-state index is 12.5. The van der Waals surface area contributed by atoms with Crippen LogP contribution in [0.25, 0.3) is 0 Å². The van der Waals surface area contributed by atoms with Crippen molar-refractivity contribution in [2.24, 2.45) is 0 Å². The molecule has 0 aliphatic carbocycles. The van der Waals surface area contributed by atoms with Gasteiger partial charge in [-0.1, -0.05) is 64.1 Å². The zero-order valence-corrected chi connectivity index (χ0v) is 16.0. The molecule has 0 bridgehead atoms. The largest absolute Gasteiger partial charge is 0.384 e. The van der Waals surface area contributed by atoms with E-state index in [2.05, 4.69) is 69.5 Å². The average molecular weight is 338 g/mol. The van der Waals surface area contributed by atoms with Crippen molar-refractivity contribution in [1.82, 2.24) is 0 Å². The van der Waals surface area contributed by atoms with Crippen LogP contribution in [0.5, 0.6) is 0 Å². The van der Waals surface area contributed by atoms with Gasteiger partial charge in [-0.05, 0) is 41.5 Å². The first-order chi connectivity index (χ1) is 11.9. The van der Waals surface area contributed by atoms with Crippen molar-refractivity contribution in [3.63, 3.8) is 0 Å².